The maximum atomic E-state index is 5.36. The molecule has 0 fully saturated rings. The highest BCUT2D eigenvalue weighted by Gasteiger charge is 2.13. The van der Waals surface area contributed by atoms with E-state index in [-0.39, 0.29) is 0 Å². The monoisotopic (exact) mass is 392 g/mol. The van der Waals surface area contributed by atoms with Gasteiger partial charge in [-0.1, -0.05) is 18.2 Å². The Hall–Kier alpha value is -2.12. The van der Waals surface area contributed by atoms with Crippen molar-refractivity contribution in [3.63, 3.8) is 0 Å². The molecule has 0 spiro atoms. The van der Waals surface area contributed by atoms with Crippen LogP contribution in [-0.2, 0) is 6.54 Å². The lowest BCUT2D eigenvalue weighted by molar-refractivity contribution is 0.323. The van der Waals surface area contributed by atoms with Gasteiger partial charge < -0.3 is 24.8 Å². The van der Waals surface area contributed by atoms with Crippen LogP contribution in [0.2, 0.25) is 0 Å². The smallest absolute Gasteiger partial charge is 0.203 e. The van der Waals surface area contributed by atoms with Gasteiger partial charge in [-0.05, 0) is 42.0 Å². The molecule has 0 heterocycles. The molecule has 0 aromatic heterocycles. The number of benzene rings is 2. The average molecular weight is 393 g/mol. The van der Waals surface area contributed by atoms with E-state index in [1.165, 1.54) is 4.90 Å². The van der Waals surface area contributed by atoms with Gasteiger partial charge in [0.2, 0.25) is 5.75 Å². The first-order valence-electron chi connectivity index (χ1n) is 8.16. The zero-order valence-corrected chi connectivity index (χ0v) is 16.8. The van der Waals surface area contributed by atoms with E-state index >= 15 is 0 Å². The maximum absolute atomic E-state index is 5.36. The third kappa shape index (κ3) is 6.00. The lowest BCUT2D eigenvalue weighted by Crippen LogP contribution is -2.36. The van der Waals surface area contributed by atoms with Crippen molar-refractivity contribution in [2.24, 2.45) is 0 Å². The largest absolute Gasteiger partial charge is 0.493 e. The predicted molar refractivity (Wildman–Crippen MR) is 111 cm³/mol. The summed E-state index contributed by atoms with van der Waals surface area (Å²) in [5.74, 6) is 2.77. The fourth-order valence-electron chi connectivity index (χ4n) is 2.33. The normalized spacial score (nSPS) is 10.1. The Morgan fingerprint density at radius 1 is 0.962 bits per heavy atom. The molecule has 2 aromatic rings. The van der Waals surface area contributed by atoms with E-state index in [1.807, 2.05) is 30.3 Å². The lowest BCUT2D eigenvalue weighted by Gasteiger charge is -2.15. The van der Waals surface area contributed by atoms with E-state index in [1.54, 1.807) is 33.1 Å². The first-order chi connectivity index (χ1) is 12.7. The second kappa shape index (κ2) is 10.8. The average Bonchev–Trinajstić information content (AvgIpc) is 2.69. The Morgan fingerprint density at radius 3 is 2.19 bits per heavy atom. The summed E-state index contributed by atoms with van der Waals surface area (Å²) in [6.45, 7) is 1.36. The molecule has 0 saturated carbocycles. The van der Waals surface area contributed by atoms with Crippen LogP contribution >= 0.6 is 24.0 Å². The molecular weight excluding hydrogens is 368 g/mol. The third-order valence-electron chi connectivity index (χ3n) is 3.58. The van der Waals surface area contributed by atoms with Crippen LogP contribution in [0.1, 0.15) is 5.56 Å². The highest BCUT2D eigenvalue weighted by atomic mass is 32.2. The fourth-order valence-corrected chi connectivity index (χ4v) is 3.30. The highest BCUT2D eigenvalue weighted by molar-refractivity contribution is 7.99. The summed E-state index contributed by atoms with van der Waals surface area (Å²) in [6, 6.07) is 14.1. The number of methoxy groups -OCH3 is 3. The van der Waals surface area contributed by atoms with Gasteiger partial charge in [-0.3, -0.25) is 0 Å². The first-order valence-corrected chi connectivity index (χ1v) is 9.55. The van der Waals surface area contributed by atoms with Crippen LogP contribution in [0.4, 0.5) is 0 Å². The standard InChI is InChI=1S/C19H24N2O3S2/c1-22-16-11-14(12-17(23-2)18(16)24-3)13-21-19(25)20-9-10-26-15-7-5-4-6-8-15/h4-8,11-12H,9-10,13H2,1-3H3,(H2,20,21,25). The molecule has 2 N–H and O–H groups in total. The van der Waals surface area contributed by atoms with Crippen molar-refractivity contribution in [3.05, 3.63) is 48.0 Å². The molecule has 0 atom stereocenters. The second-order valence-corrected chi connectivity index (χ2v) is 6.88. The minimum absolute atomic E-state index is 0.564. The summed E-state index contributed by atoms with van der Waals surface area (Å²) in [5.41, 5.74) is 0.988. The number of hydrogen-bond acceptors (Lipinski definition) is 5. The number of ether oxygens (including phenoxy) is 3. The molecule has 0 saturated heterocycles. The molecular formula is C19H24N2O3S2. The second-order valence-electron chi connectivity index (χ2n) is 5.30. The topological polar surface area (TPSA) is 51.8 Å². The van der Waals surface area contributed by atoms with Crippen molar-refractivity contribution in [3.8, 4) is 17.2 Å². The van der Waals surface area contributed by atoms with Crippen LogP contribution in [0.5, 0.6) is 17.2 Å². The van der Waals surface area contributed by atoms with Crippen molar-refractivity contribution in [1.29, 1.82) is 0 Å². The summed E-state index contributed by atoms with van der Waals surface area (Å²) < 4.78 is 16.1. The zero-order valence-electron chi connectivity index (χ0n) is 15.2. The van der Waals surface area contributed by atoms with Crippen LogP contribution in [0.15, 0.2) is 47.4 Å². The summed E-state index contributed by atoms with van der Waals surface area (Å²) >= 11 is 7.13. The van der Waals surface area contributed by atoms with Gasteiger partial charge in [0.05, 0.1) is 21.3 Å². The number of hydrogen-bond donors (Lipinski definition) is 2. The summed E-state index contributed by atoms with van der Waals surface area (Å²) in [7, 11) is 4.79. The van der Waals surface area contributed by atoms with Crippen molar-refractivity contribution in [1.82, 2.24) is 10.6 Å². The van der Waals surface area contributed by atoms with Gasteiger partial charge in [0.25, 0.3) is 0 Å². The Labute approximate surface area is 164 Å². The van der Waals surface area contributed by atoms with E-state index in [0.29, 0.717) is 28.9 Å². The molecule has 5 nitrogen and oxygen atoms in total. The minimum Gasteiger partial charge on any atom is -0.493 e. The Bertz CT molecular complexity index is 686. The molecule has 2 rings (SSSR count). The van der Waals surface area contributed by atoms with Gasteiger partial charge in [0.1, 0.15) is 0 Å². The first kappa shape index (κ1) is 20.2. The summed E-state index contributed by atoms with van der Waals surface area (Å²) in [4.78, 5) is 1.26. The molecule has 7 heteroatoms. The van der Waals surface area contributed by atoms with E-state index in [0.717, 1.165) is 17.9 Å². The van der Waals surface area contributed by atoms with Crippen LogP contribution in [0.3, 0.4) is 0 Å². The van der Waals surface area contributed by atoms with Crippen LogP contribution in [-0.4, -0.2) is 38.7 Å². The molecule has 2 aromatic carbocycles. The van der Waals surface area contributed by atoms with Gasteiger partial charge >= 0.3 is 0 Å². The van der Waals surface area contributed by atoms with Gasteiger partial charge in [0, 0.05) is 23.7 Å². The SMILES string of the molecule is COc1cc(CNC(=S)NCCSc2ccccc2)cc(OC)c1OC. The number of thioether (sulfide) groups is 1. The molecule has 0 radical (unpaired) electrons. The minimum atomic E-state index is 0.564. The molecule has 0 bridgehead atoms. The molecule has 140 valence electrons. The molecule has 0 aliphatic rings. The van der Waals surface area contributed by atoms with Crippen molar-refractivity contribution < 1.29 is 14.2 Å². The third-order valence-corrected chi connectivity index (χ3v) is 4.88. The van der Waals surface area contributed by atoms with Gasteiger partial charge in [-0.15, -0.1) is 11.8 Å². The van der Waals surface area contributed by atoms with Crippen LogP contribution in [0, 0.1) is 0 Å². The van der Waals surface area contributed by atoms with Crippen molar-refractivity contribution >= 4 is 29.1 Å². The zero-order chi connectivity index (χ0) is 18.8. The van der Waals surface area contributed by atoms with Gasteiger partial charge in [-0.25, -0.2) is 0 Å². The number of nitrogens with one attached hydrogen (secondary N) is 2. The summed E-state index contributed by atoms with van der Waals surface area (Å²) in [6.07, 6.45) is 0. The maximum Gasteiger partial charge on any atom is 0.203 e. The van der Waals surface area contributed by atoms with Crippen molar-refractivity contribution in [2.75, 3.05) is 33.6 Å². The quantitative estimate of drug-likeness (QED) is 0.385. The van der Waals surface area contributed by atoms with Crippen molar-refractivity contribution in [2.45, 2.75) is 11.4 Å². The fraction of sp³-hybridized carbons (Fsp3) is 0.316. The predicted octanol–water partition coefficient (Wildman–Crippen LogP) is 3.47. The Kier molecular flexibility index (Phi) is 8.37. The number of thiocarbonyl (C=S) groups is 1. The molecule has 0 aliphatic carbocycles. The van der Waals surface area contributed by atoms with E-state index in [9.17, 15) is 0 Å². The van der Waals surface area contributed by atoms with E-state index < -0.39 is 0 Å². The molecule has 0 unspecified atom stereocenters. The van der Waals surface area contributed by atoms with E-state index in [2.05, 4.69) is 22.8 Å². The molecule has 0 aliphatic heterocycles. The Morgan fingerprint density at radius 2 is 1.62 bits per heavy atom. The Balaban J connectivity index is 1.79. The van der Waals surface area contributed by atoms with Crippen LogP contribution < -0.4 is 24.8 Å². The molecule has 0 amide bonds. The van der Waals surface area contributed by atoms with Crippen LogP contribution in [0.25, 0.3) is 0 Å². The lowest BCUT2D eigenvalue weighted by atomic mass is 10.2. The number of rotatable bonds is 9. The molecule has 26 heavy (non-hydrogen) atoms. The highest BCUT2D eigenvalue weighted by Crippen LogP contribution is 2.38. The summed E-state index contributed by atoms with van der Waals surface area (Å²) in [5, 5.41) is 7.03. The van der Waals surface area contributed by atoms with Gasteiger partial charge in [0.15, 0.2) is 16.6 Å². The van der Waals surface area contributed by atoms with E-state index in [4.69, 9.17) is 26.4 Å². The van der Waals surface area contributed by atoms with Gasteiger partial charge in [-0.2, -0.15) is 0 Å².